The maximum Gasteiger partial charge on any atom is 0.137 e. The molecule has 2 nitrogen and oxygen atoms in total. The Labute approximate surface area is 174 Å². The smallest absolute Gasteiger partial charge is 0.137 e. The van der Waals surface area contributed by atoms with Gasteiger partial charge in [-0.1, -0.05) is 51.2 Å². The predicted molar refractivity (Wildman–Crippen MR) is 121 cm³/mol. The summed E-state index contributed by atoms with van der Waals surface area (Å²) in [6.45, 7) is 9.75. The first-order valence-corrected chi connectivity index (χ1v) is 11.8. The van der Waals surface area contributed by atoms with Crippen molar-refractivity contribution in [2.75, 3.05) is 6.61 Å². The maximum absolute atomic E-state index is 5.94. The third kappa shape index (κ3) is 8.80. The second-order valence-corrected chi connectivity index (χ2v) is 9.23. The SMILES string of the molecule is CCCCCC1CCC(c2ccc(OCC[C@@H](C)CCC=C(C)C)cn2)CC1. The number of allylic oxidation sites excluding steroid dienone is 2. The Morgan fingerprint density at radius 1 is 1.14 bits per heavy atom. The normalized spacial score (nSPS) is 20.6. The van der Waals surface area contributed by atoms with Crippen molar-refractivity contribution in [3.63, 3.8) is 0 Å². The van der Waals surface area contributed by atoms with Crippen molar-refractivity contribution in [3.8, 4) is 5.75 Å². The van der Waals surface area contributed by atoms with Gasteiger partial charge in [0.15, 0.2) is 0 Å². The quantitative estimate of drug-likeness (QED) is 0.268. The number of aromatic nitrogens is 1. The first-order valence-electron chi connectivity index (χ1n) is 11.8. The van der Waals surface area contributed by atoms with Gasteiger partial charge in [-0.2, -0.15) is 0 Å². The van der Waals surface area contributed by atoms with E-state index in [2.05, 4.69) is 45.9 Å². The molecule has 0 radical (unpaired) electrons. The zero-order valence-electron chi connectivity index (χ0n) is 18.9. The molecule has 2 heteroatoms. The summed E-state index contributed by atoms with van der Waals surface area (Å²) in [5, 5.41) is 0. The zero-order chi connectivity index (χ0) is 20.2. The highest BCUT2D eigenvalue weighted by molar-refractivity contribution is 5.22. The third-order valence-corrected chi connectivity index (χ3v) is 6.33. The third-order valence-electron chi connectivity index (χ3n) is 6.33. The number of nitrogens with zero attached hydrogens (tertiary/aromatic N) is 1. The van der Waals surface area contributed by atoms with Crippen molar-refractivity contribution >= 4 is 0 Å². The first-order chi connectivity index (χ1) is 13.6. The van der Waals surface area contributed by atoms with E-state index in [0.29, 0.717) is 11.8 Å². The second-order valence-electron chi connectivity index (χ2n) is 9.23. The average molecular weight is 386 g/mol. The van der Waals surface area contributed by atoms with Crippen LogP contribution in [0.3, 0.4) is 0 Å². The summed E-state index contributed by atoms with van der Waals surface area (Å²) in [5.74, 6) is 3.25. The van der Waals surface area contributed by atoms with Crippen LogP contribution < -0.4 is 4.74 Å². The summed E-state index contributed by atoms with van der Waals surface area (Å²) in [7, 11) is 0. The Balaban J connectivity index is 1.66. The lowest BCUT2D eigenvalue weighted by Gasteiger charge is -2.28. The lowest BCUT2D eigenvalue weighted by molar-refractivity contribution is 0.277. The number of ether oxygens (including phenoxy) is 1. The second kappa shape index (κ2) is 13.0. The van der Waals surface area contributed by atoms with Crippen LogP contribution in [0.5, 0.6) is 5.75 Å². The Kier molecular flexibility index (Phi) is 10.7. The first kappa shape index (κ1) is 23.0. The van der Waals surface area contributed by atoms with Crippen molar-refractivity contribution in [1.29, 1.82) is 0 Å². The van der Waals surface area contributed by atoms with Gasteiger partial charge in [-0.25, -0.2) is 0 Å². The largest absolute Gasteiger partial charge is 0.492 e. The minimum Gasteiger partial charge on any atom is -0.492 e. The molecular weight excluding hydrogens is 342 g/mol. The van der Waals surface area contributed by atoms with Crippen molar-refractivity contribution < 1.29 is 4.74 Å². The molecule has 0 amide bonds. The van der Waals surface area contributed by atoms with E-state index in [1.807, 2.05) is 6.20 Å². The van der Waals surface area contributed by atoms with Crippen LogP contribution in [-0.2, 0) is 0 Å². The minimum absolute atomic E-state index is 0.659. The summed E-state index contributed by atoms with van der Waals surface area (Å²) in [5.41, 5.74) is 2.69. The molecule has 1 aromatic rings. The summed E-state index contributed by atoms with van der Waals surface area (Å²) >= 11 is 0. The van der Waals surface area contributed by atoms with Crippen molar-refractivity contribution in [3.05, 3.63) is 35.7 Å². The van der Waals surface area contributed by atoms with Crippen LogP contribution in [0.25, 0.3) is 0 Å². The van der Waals surface area contributed by atoms with E-state index in [1.54, 1.807) is 0 Å². The van der Waals surface area contributed by atoms with Gasteiger partial charge < -0.3 is 4.74 Å². The number of rotatable bonds is 12. The number of hydrogen-bond donors (Lipinski definition) is 0. The number of unbranched alkanes of at least 4 members (excludes halogenated alkanes) is 2. The van der Waals surface area contributed by atoms with Crippen molar-refractivity contribution in [2.24, 2.45) is 11.8 Å². The monoisotopic (exact) mass is 385 g/mol. The average Bonchev–Trinajstić information content (AvgIpc) is 2.69. The standard InChI is InChI=1S/C26H43NO/c1-5-6-7-11-23-12-14-24(15-13-23)26-17-16-25(20-27-26)28-19-18-22(4)10-8-9-21(2)3/h9,16-17,20,22-24H,5-8,10-15,18-19H2,1-4H3/t22-,23?,24?/m0/s1. The highest BCUT2D eigenvalue weighted by Gasteiger charge is 2.22. The van der Waals surface area contributed by atoms with Crippen LogP contribution >= 0.6 is 0 Å². The van der Waals surface area contributed by atoms with E-state index < -0.39 is 0 Å². The molecule has 0 spiro atoms. The Bertz CT molecular complexity index is 550. The fraction of sp³-hybridized carbons (Fsp3) is 0.731. The molecule has 0 aromatic carbocycles. The molecule has 1 atom stereocenters. The summed E-state index contributed by atoms with van der Waals surface area (Å²) in [6.07, 6.45) is 18.8. The molecule has 0 unspecified atom stereocenters. The molecule has 1 aliphatic rings. The van der Waals surface area contributed by atoms with Gasteiger partial charge in [-0.3, -0.25) is 4.98 Å². The van der Waals surface area contributed by atoms with Crippen LogP contribution in [0.1, 0.15) is 110 Å². The van der Waals surface area contributed by atoms with Gasteiger partial charge >= 0.3 is 0 Å². The van der Waals surface area contributed by atoms with Crippen molar-refractivity contribution in [1.82, 2.24) is 4.98 Å². The van der Waals surface area contributed by atoms with Gasteiger partial charge in [0.2, 0.25) is 0 Å². The van der Waals surface area contributed by atoms with E-state index in [-0.39, 0.29) is 0 Å². The van der Waals surface area contributed by atoms with E-state index >= 15 is 0 Å². The number of pyridine rings is 1. The molecule has 1 aromatic heterocycles. The van der Waals surface area contributed by atoms with Crippen LogP contribution in [0.2, 0.25) is 0 Å². The molecule has 0 N–H and O–H groups in total. The van der Waals surface area contributed by atoms with E-state index in [9.17, 15) is 0 Å². The van der Waals surface area contributed by atoms with Crippen LogP contribution in [0.4, 0.5) is 0 Å². The molecule has 1 saturated carbocycles. The van der Waals surface area contributed by atoms with E-state index in [1.165, 1.54) is 75.5 Å². The molecule has 158 valence electrons. The summed E-state index contributed by atoms with van der Waals surface area (Å²) in [4.78, 5) is 4.74. The fourth-order valence-corrected chi connectivity index (χ4v) is 4.33. The van der Waals surface area contributed by atoms with Crippen LogP contribution in [0, 0.1) is 11.8 Å². The van der Waals surface area contributed by atoms with Crippen LogP contribution in [0.15, 0.2) is 30.0 Å². The summed E-state index contributed by atoms with van der Waals surface area (Å²) in [6, 6.07) is 4.33. The van der Waals surface area contributed by atoms with Gasteiger partial charge in [0.1, 0.15) is 5.75 Å². The molecule has 1 heterocycles. The molecule has 0 bridgehead atoms. The maximum atomic E-state index is 5.94. The molecule has 1 fully saturated rings. The van der Waals surface area contributed by atoms with Gasteiger partial charge in [-0.05, 0) is 82.8 Å². The van der Waals surface area contributed by atoms with Gasteiger partial charge in [-0.15, -0.1) is 0 Å². The zero-order valence-corrected chi connectivity index (χ0v) is 18.9. The molecular formula is C26H43NO. The van der Waals surface area contributed by atoms with Gasteiger partial charge in [0, 0.05) is 11.6 Å². The molecule has 28 heavy (non-hydrogen) atoms. The van der Waals surface area contributed by atoms with E-state index in [0.717, 1.165) is 24.7 Å². The van der Waals surface area contributed by atoms with Gasteiger partial charge in [0.25, 0.3) is 0 Å². The highest BCUT2D eigenvalue weighted by Crippen LogP contribution is 2.37. The van der Waals surface area contributed by atoms with E-state index in [4.69, 9.17) is 9.72 Å². The lowest BCUT2D eigenvalue weighted by atomic mass is 9.78. The molecule has 2 rings (SSSR count). The van der Waals surface area contributed by atoms with Crippen LogP contribution in [-0.4, -0.2) is 11.6 Å². The minimum atomic E-state index is 0.659. The Morgan fingerprint density at radius 3 is 2.57 bits per heavy atom. The predicted octanol–water partition coefficient (Wildman–Crippen LogP) is 8.09. The topological polar surface area (TPSA) is 22.1 Å². The van der Waals surface area contributed by atoms with Gasteiger partial charge in [0.05, 0.1) is 12.8 Å². The summed E-state index contributed by atoms with van der Waals surface area (Å²) < 4.78 is 5.94. The van der Waals surface area contributed by atoms with Crippen molar-refractivity contribution in [2.45, 2.75) is 104 Å². The lowest BCUT2D eigenvalue weighted by Crippen LogP contribution is -2.14. The molecule has 1 aliphatic carbocycles. The highest BCUT2D eigenvalue weighted by atomic mass is 16.5. The molecule has 0 aliphatic heterocycles. The molecule has 0 saturated heterocycles. The number of hydrogen-bond acceptors (Lipinski definition) is 2. The Morgan fingerprint density at radius 2 is 1.93 bits per heavy atom. The Hall–Kier alpha value is -1.31. The fourth-order valence-electron chi connectivity index (χ4n) is 4.33.